The van der Waals surface area contributed by atoms with Gasteiger partial charge in [-0.2, -0.15) is 0 Å². The summed E-state index contributed by atoms with van der Waals surface area (Å²) in [7, 11) is 0. The van der Waals surface area contributed by atoms with E-state index in [2.05, 4.69) is 19.2 Å². The van der Waals surface area contributed by atoms with Crippen LogP contribution in [0.5, 0.6) is 0 Å². The van der Waals surface area contributed by atoms with Crippen LogP contribution in [0.1, 0.15) is 52.0 Å². The minimum absolute atomic E-state index is 0.0651. The van der Waals surface area contributed by atoms with Gasteiger partial charge in [0.05, 0.1) is 12.0 Å². The van der Waals surface area contributed by atoms with Crippen molar-refractivity contribution in [1.29, 1.82) is 0 Å². The van der Waals surface area contributed by atoms with Crippen LogP contribution in [0.25, 0.3) is 0 Å². The summed E-state index contributed by atoms with van der Waals surface area (Å²) in [5.41, 5.74) is 0.842. The summed E-state index contributed by atoms with van der Waals surface area (Å²) in [5.74, 6) is 0.255. The van der Waals surface area contributed by atoms with Crippen molar-refractivity contribution < 1.29 is 9.90 Å². The molecule has 1 aromatic carbocycles. The first-order valence-corrected chi connectivity index (χ1v) is 7.91. The normalized spacial score (nSPS) is 26.5. The van der Waals surface area contributed by atoms with Gasteiger partial charge in [0.1, 0.15) is 0 Å². The molecule has 1 aliphatic carbocycles. The summed E-state index contributed by atoms with van der Waals surface area (Å²) in [6, 6.07) is 10.1. The van der Waals surface area contributed by atoms with E-state index < -0.39 is 0 Å². The molecule has 4 unspecified atom stereocenters. The second-order valence-electron chi connectivity index (χ2n) is 6.91. The first-order valence-electron chi connectivity index (χ1n) is 7.91. The van der Waals surface area contributed by atoms with Crippen LogP contribution in [-0.4, -0.2) is 23.2 Å². The molecule has 1 fully saturated rings. The van der Waals surface area contributed by atoms with Crippen LogP contribution in [-0.2, 0) is 4.79 Å². The Morgan fingerprint density at radius 1 is 1.38 bits per heavy atom. The van der Waals surface area contributed by atoms with Gasteiger partial charge in [-0.1, -0.05) is 64.4 Å². The predicted molar refractivity (Wildman–Crippen MR) is 85.0 cm³/mol. The molecule has 0 spiro atoms. The van der Waals surface area contributed by atoms with Gasteiger partial charge in [0.25, 0.3) is 0 Å². The fourth-order valence-corrected chi connectivity index (χ4v) is 3.04. The third-order valence-corrected chi connectivity index (χ3v) is 5.19. The number of rotatable bonds is 5. The lowest BCUT2D eigenvalue weighted by Crippen LogP contribution is -2.61. The molecule has 0 saturated heterocycles. The van der Waals surface area contributed by atoms with Crippen LogP contribution in [0.3, 0.4) is 0 Å². The van der Waals surface area contributed by atoms with Gasteiger partial charge in [0, 0.05) is 11.5 Å². The zero-order valence-electron chi connectivity index (χ0n) is 13.5. The fraction of sp³-hybridized carbons (Fsp3) is 0.611. The highest BCUT2D eigenvalue weighted by Crippen LogP contribution is 2.41. The molecule has 116 valence electrons. The van der Waals surface area contributed by atoms with E-state index in [1.807, 2.05) is 44.2 Å². The van der Waals surface area contributed by atoms with E-state index in [-0.39, 0.29) is 29.4 Å². The number of aliphatic hydroxyl groups excluding tert-OH is 1. The minimum atomic E-state index is -0.318. The zero-order valence-corrected chi connectivity index (χ0v) is 13.5. The SMILES string of the molecule is CCC(C)C(C(=O)NC1CC(O)C1(C)C)c1ccccc1. The van der Waals surface area contributed by atoms with Gasteiger partial charge in [-0.3, -0.25) is 4.79 Å². The second-order valence-corrected chi connectivity index (χ2v) is 6.91. The lowest BCUT2D eigenvalue weighted by atomic mass is 9.64. The quantitative estimate of drug-likeness (QED) is 0.875. The molecule has 3 nitrogen and oxygen atoms in total. The first kappa shape index (κ1) is 16.0. The Kier molecular flexibility index (Phi) is 4.72. The average molecular weight is 289 g/mol. The van der Waals surface area contributed by atoms with Crippen molar-refractivity contribution >= 4 is 5.91 Å². The van der Waals surface area contributed by atoms with Gasteiger partial charge in [0.2, 0.25) is 5.91 Å². The zero-order chi connectivity index (χ0) is 15.6. The number of benzene rings is 1. The standard InChI is InChI=1S/C18H27NO2/c1-5-12(2)16(13-9-7-6-8-10-13)17(21)19-14-11-15(20)18(14,3)4/h6-10,12,14-16,20H,5,11H2,1-4H3,(H,19,21). The lowest BCUT2D eigenvalue weighted by molar-refractivity contribution is -0.131. The number of carbonyl (C=O) groups excluding carboxylic acids is 1. The summed E-state index contributed by atoms with van der Waals surface area (Å²) in [5, 5.41) is 13.0. The second kappa shape index (κ2) is 6.18. The fourth-order valence-electron chi connectivity index (χ4n) is 3.04. The molecule has 1 aliphatic rings. The molecule has 2 N–H and O–H groups in total. The average Bonchev–Trinajstić information content (AvgIpc) is 2.48. The number of carbonyl (C=O) groups is 1. The topological polar surface area (TPSA) is 49.3 Å². The van der Waals surface area contributed by atoms with Gasteiger partial charge >= 0.3 is 0 Å². The Morgan fingerprint density at radius 2 is 2.00 bits per heavy atom. The van der Waals surface area contributed by atoms with E-state index in [0.29, 0.717) is 12.3 Å². The lowest BCUT2D eigenvalue weighted by Gasteiger charge is -2.49. The molecular formula is C18H27NO2. The number of nitrogens with one attached hydrogen (secondary N) is 1. The van der Waals surface area contributed by atoms with Crippen LogP contribution in [0.4, 0.5) is 0 Å². The smallest absolute Gasteiger partial charge is 0.228 e. The molecule has 0 bridgehead atoms. The molecule has 0 radical (unpaired) electrons. The Labute approximate surface area is 127 Å². The number of amides is 1. The van der Waals surface area contributed by atoms with E-state index in [1.54, 1.807) is 0 Å². The molecule has 1 amide bonds. The Balaban J connectivity index is 2.13. The maximum atomic E-state index is 12.7. The van der Waals surface area contributed by atoms with Crippen LogP contribution < -0.4 is 5.32 Å². The Morgan fingerprint density at radius 3 is 2.48 bits per heavy atom. The Hall–Kier alpha value is -1.35. The van der Waals surface area contributed by atoms with Crippen molar-refractivity contribution in [3.8, 4) is 0 Å². The van der Waals surface area contributed by atoms with E-state index in [1.165, 1.54) is 0 Å². The summed E-state index contributed by atoms with van der Waals surface area (Å²) in [6.07, 6.45) is 1.30. The van der Waals surface area contributed by atoms with E-state index in [0.717, 1.165) is 12.0 Å². The molecular weight excluding hydrogens is 262 g/mol. The molecule has 1 aromatic rings. The molecule has 0 heterocycles. The predicted octanol–water partition coefficient (Wildman–Crippen LogP) is 3.09. The highest BCUT2D eigenvalue weighted by Gasteiger charge is 2.48. The van der Waals surface area contributed by atoms with Crippen molar-refractivity contribution in [3.05, 3.63) is 35.9 Å². The van der Waals surface area contributed by atoms with Crippen molar-refractivity contribution in [2.45, 2.75) is 58.6 Å². The molecule has 3 heteroatoms. The van der Waals surface area contributed by atoms with E-state index >= 15 is 0 Å². The van der Waals surface area contributed by atoms with Crippen LogP contribution in [0, 0.1) is 11.3 Å². The molecule has 21 heavy (non-hydrogen) atoms. The highest BCUT2D eigenvalue weighted by molar-refractivity contribution is 5.84. The largest absolute Gasteiger partial charge is 0.392 e. The summed E-state index contributed by atoms with van der Waals surface area (Å²) in [4.78, 5) is 12.7. The molecule has 4 atom stereocenters. The maximum Gasteiger partial charge on any atom is 0.228 e. The van der Waals surface area contributed by atoms with Crippen LogP contribution in [0.15, 0.2) is 30.3 Å². The Bertz CT molecular complexity index is 483. The molecule has 0 aliphatic heterocycles. The van der Waals surface area contributed by atoms with E-state index in [9.17, 15) is 9.90 Å². The third-order valence-electron chi connectivity index (χ3n) is 5.19. The van der Waals surface area contributed by atoms with Gasteiger partial charge in [-0.25, -0.2) is 0 Å². The molecule has 0 aromatic heterocycles. The third kappa shape index (κ3) is 3.13. The first-order chi connectivity index (χ1) is 9.87. The van der Waals surface area contributed by atoms with Crippen molar-refractivity contribution in [2.75, 3.05) is 0 Å². The number of aliphatic hydroxyl groups is 1. The van der Waals surface area contributed by atoms with Gasteiger partial charge in [0.15, 0.2) is 0 Å². The molecule has 2 rings (SSSR count). The maximum absolute atomic E-state index is 12.7. The van der Waals surface area contributed by atoms with Crippen LogP contribution >= 0.6 is 0 Å². The van der Waals surface area contributed by atoms with Gasteiger partial charge < -0.3 is 10.4 Å². The molecule has 1 saturated carbocycles. The van der Waals surface area contributed by atoms with Crippen molar-refractivity contribution in [1.82, 2.24) is 5.32 Å². The summed E-state index contributed by atoms with van der Waals surface area (Å²) in [6.45, 7) is 8.25. The highest BCUT2D eigenvalue weighted by atomic mass is 16.3. The van der Waals surface area contributed by atoms with Gasteiger partial charge in [-0.15, -0.1) is 0 Å². The monoisotopic (exact) mass is 289 g/mol. The summed E-state index contributed by atoms with van der Waals surface area (Å²) < 4.78 is 0. The number of hydrogen-bond acceptors (Lipinski definition) is 2. The minimum Gasteiger partial charge on any atom is -0.392 e. The van der Waals surface area contributed by atoms with Crippen molar-refractivity contribution in [3.63, 3.8) is 0 Å². The number of hydrogen-bond donors (Lipinski definition) is 2. The van der Waals surface area contributed by atoms with E-state index in [4.69, 9.17) is 0 Å². The van der Waals surface area contributed by atoms with Crippen LogP contribution in [0.2, 0.25) is 0 Å². The summed E-state index contributed by atoms with van der Waals surface area (Å²) >= 11 is 0. The van der Waals surface area contributed by atoms with Crippen molar-refractivity contribution in [2.24, 2.45) is 11.3 Å². The van der Waals surface area contributed by atoms with Gasteiger partial charge in [-0.05, 0) is 17.9 Å².